The van der Waals surface area contributed by atoms with Crippen molar-refractivity contribution in [1.29, 1.82) is 0 Å². The number of hydrogen-bond acceptors (Lipinski definition) is 1. The highest BCUT2D eigenvalue weighted by Gasteiger charge is 2.22. The van der Waals surface area contributed by atoms with Gasteiger partial charge in [-0.25, -0.2) is 4.39 Å². The van der Waals surface area contributed by atoms with Gasteiger partial charge in [-0.05, 0) is 18.1 Å². The van der Waals surface area contributed by atoms with Gasteiger partial charge in [0.1, 0.15) is 5.82 Å². The molecule has 1 rings (SSSR count). The summed E-state index contributed by atoms with van der Waals surface area (Å²) in [5, 5.41) is 10.1. The lowest BCUT2D eigenvalue weighted by Gasteiger charge is -2.21. The maximum Gasteiger partial charge on any atom is 0.130 e. The van der Waals surface area contributed by atoms with E-state index in [1.165, 1.54) is 6.07 Å². The Kier molecular flexibility index (Phi) is 4.74. The molecule has 1 aromatic rings. The van der Waals surface area contributed by atoms with Crippen molar-refractivity contribution in [3.8, 4) is 0 Å². The highest BCUT2D eigenvalue weighted by atomic mass is 79.9. The molecule has 0 amide bonds. The Balaban J connectivity index is 3.04. The summed E-state index contributed by atoms with van der Waals surface area (Å²) in [6, 6.07) is 4.76. The molecule has 0 heterocycles. The van der Waals surface area contributed by atoms with Gasteiger partial charge in [0.15, 0.2) is 0 Å². The van der Waals surface area contributed by atoms with E-state index >= 15 is 0 Å². The monoisotopic (exact) mass is 274 g/mol. The van der Waals surface area contributed by atoms with E-state index in [0.717, 1.165) is 12.8 Å². The zero-order chi connectivity index (χ0) is 11.4. The summed E-state index contributed by atoms with van der Waals surface area (Å²) in [6.07, 6.45) is 0.965. The molecule has 1 aromatic carbocycles. The molecule has 0 fully saturated rings. The third-order valence-corrected chi connectivity index (χ3v) is 3.48. The molecule has 0 bridgehead atoms. The predicted octanol–water partition coefficient (Wildman–Crippen LogP) is 4.06. The van der Waals surface area contributed by atoms with Crippen molar-refractivity contribution in [1.82, 2.24) is 0 Å². The fourth-order valence-corrected chi connectivity index (χ4v) is 2.34. The van der Waals surface area contributed by atoms with Gasteiger partial charge in [-0.1, -0.05) is 48.7 Å². The average molecular weight is 275 g/mol. The summed E-state index contributed by atoms with van der Waals surface area (Å²) < 4.78 is 14.2. The van der Waals surface area contributed by atoms with Gasteiger partial charge >= 0.3 is 0 Å². The second-order valence-corrected chi connectivity index (χ2v) is 4.51. The Labute approximate surface area is 98.4 Å². The quantitative estimate of drug-likeness (QED) is 0.878. The van der Waals surface area contributed by atoms with Crippen LogP contribution in [0, 0.1) is 11.7 Å². The first-order valence-corrected chi connectivity index (χ1v) is 6.03. The van der Waals surface area contributed by atoms with E-state index in [9.17, 15) is 9.50 Å². The summed E-state index contributed by atoms with van der Waals surface area (Å²) in [7, 11) is 0. The van der Waals surface area contributed by atoms with Crippen LogP contribution in [0.2, 0.25) is 0 Å². The van der Waals surface area contributed by atoms with Gasteiger partial charge < -0.3 is 5.11 Å². The van der Waals surface area contributed by atoms with Crippen LogP contribution in [0.25, 0.3) is 0 Å². The Morgan fingerprint density at radius 3 is 2.40 bits per heavy atom. The molecule has 1 N–H and O–H groups in total. The van der Waals surface area contributed by atoms with Crippen LogP contribution >= 0.6 is 15.9 Å². The van der Waals surface area contributed by atoms with E-state index in [-0.39, 0.29) is 11.7 Å². The molecular weight excluding hydrogens is 259 g/mol. The first-order valence-electron chi connectivity index (χ1n) is 5.23. The highest BCUT2D eigenvalue weighted by Crippen LogP contribution is 2.33. The number of hydrogen-bond donors (Lipinski definition) is 1. The van der Waals surface area contributed by atoms with Crippen molar-refractivity contribution in [2.24, 2.45) is 5.92 Å². The molecule has 0 aliphatic heterocycles. The SMILES string of the molecule is CCC(CC)C(O)c1c(F)cccc1Br. The zero-order valence-electron chi connectivity index (χ0n) is 9.00. The lowest BCUT2D eigenvalue weighted by atomic mass is 9.91. The second-order valence-electron chi connectivity index (χ2n) is 3.66. The molecule has 3 heteroatoms. The molecule has 0 saturated carbocycles. The van der Waals surface area contributed by atoms with Crippen LogP contribution in [0.15, 0.2) is 22.7 Å². The van der Waals surface area contributed by atoms with Gasteiger partial charge in [0, 0.05) is 10.0 Å². The summed E-state index contributed by atoms with van der Waals surface area (Å²) in [4.78, 5) is 0. The minimum Gasteiger partial charge on any atom is -0.388 e. The van der Waals surface area contributed by atoms with E-state index in [1.807, 2.05) is 13.8 Å². The first-order chi connectivity index (χ1) is 7.11. The van der Waals surface area contributed by atoms with Gasteiger partial charge in [-0.15, -0.1) is 0 Å². The Morgan fingerprint density at radius 2 is 1.93 bits per heavy atom. The topological polar surface area (TPSA) is 20.2 Å². The minimum atomic E-state index is -0.726. The molecule has 84 valence electrons. The molecule has 15 heavy (non-hydrogen) atoms. The van der Waals surface area contributed by atoms with Crippen LogP contribution in [0.5, 0.6) is 0 Å². The Bertz CT molecular complexity index is 303. The molecule has 0 aliphatic carbocycles. The van der Waals surface area contributed by atoms with Gasteiger partial charge in [-0.2, -0.15) is 0 Å². The molecule has 0 saturated heterocycles. The summed E-state index contributed by atoms with van der Waals surface area (Å²) in [5.74, 6) is -0.234. The van der Waals surface area contributed by atoms with Crippen LogP contribution in [-0.2, 0) is 0 Å². The summed E-state index contributed by atoms with van der Waals surface area (Å²) in [5.41, 5.74) is 0.381. The number of rotatable bonds is 4. The van der Waals surface area contributed by atoms with Crippen molar-refractivity contribution >= 4 is 15.9 Å². The van der Waals surface area contributed by atoms with Crippen LogP contribution in [-0.4, -0.2) is 5.11 Å². The van der Waals surface area contributed by atoms with Crippen molar-refractivity contribution in [3.63, 3.8) is 0 Å². The van der Waals surface area contributed by atoms with Crippen molar-refractivity contribution < 1.29 is 9.50 Å². The smallest absolute Gasteiger partial charge is 0.130 e. The zero-order valence-corrected chi connectivity index (χ0v) is 10.6. The molecule has 1 nitrogen and oxygen atoms in total. The normalized spacial score (nSPS) is 13.2. The highest BCUT2D eigenvalue weighted by molar-refractivity contribution is 9.10. The van der Waals surface area contributed by atoms with Crippen LogP contribution in [0.3, 0.4) is 0 Å². The van der Waals surface area contributed by atoms with Crippen molar-refractivity contribution in [2.75, 3.05) is 0 Å². The Morgan fingerprint density at radius 1 is 1.33 bits per heavy atom. The van der Waals surface area contributed by atoms with Crippen LogP contribution in [0.1, 0.15) is 38.4 Å². The van der Waals surface area contributed by atoms with E-state index in [0.29, 0.717) is 10.0 Å². The number of benzene rings is 1. The molecule has 0 aliphatic rings. The third kappa shape index (κ3) is 2.79. The maximum atomic E-state index is 13.5. The molecule has 1 unspecified atom stereocenters. The molecule has 0 radical (unpaired) electrons. The Hall–Kier alpha value is -0.410. The van der Waals surface area contributed by atoms with Crippen molar-refractivity contribution in [2.45, 2.75) is 32.8 Å². The molecule has 0 aromatic heterocycles. The summed E-state index contributed by atoms with van der Waals surface area (Å²) in [6.45, 7) is 4.01. The lowest BCUT2D eigenvalue weighted by Crippen LogP contribution is -2.13. The maximum absolute atomic E-state index is 13.5. The fourth-order valence-electron chi connectivity index (χ4n) is 1.76. The largest absolute Gasteiger partial charge is 0.388 e. The van der Waals surface area contributed by atoms with E-state index in [4.69, 9.17) is 0 Å². The van der Waals surface area contributed by atoms with E-state index < -0.39 is 6.10 Å². The predicted molar refractivity (Wildman–Crippen MR) is 63.1 cm³/mol. The number of aliphatic hydroxyl groups excluding tert-OH is 1. The van der Waals surface area contributed by atoms with Gasteiger partial charge in [0.05, 0.1) is 6.10 Å². The first kappa shape index (κ1) is 12.7. The summed E-state index contributed by atoms with van der Waals surface area (Å²) >= 11 is 3.27. The van der Waals surface area contributed by atoms with E-state index in [1.54, 1.807) is 12.1 Å². The second kappa shape index (κ2) is 5.61. The third-order valence-electron chi connectivity index (χ3n) is 2.79. The molecule has 0 spiro atoms. The standard InChI is InChI=1S/C12H16BrFO/c1-3-8(4-2)12(15)11-9(13)6-5-7-10(11)14/h5-8,12,15H,3-4H2,1-2H3. The van der Waals surface area contributed by atoms with Gasteiger partial charge in [0.2, 0.25) is 0 Å². The molecule has 1 atom stereocenters. The minimum absolute atomic E-state index is 0.109. The fraction of sp³-hybridized carbons (Fsp3) is 0.500. The van der Waals surface area contributed by atoms with Gasteiger partial charge in [-0.3, -0.25) is 0 Å². The average Bonchev–Trinajstić information content (AvgIpc) is 2.19. The molecular formula is C12H16BrFO. The number of aliphatic hydroxyl groups is 1. The number of halogens is 2. The van der Waals surface area contributed by atoms with E-state index in [2.05, 4.69) is 15.9 Å². The van der Waals surface area contributed by atoms with Crippen LogP contribution < -0.4 is 0 Å². The van der Waals surface area contributed by atoms with Gasteiger partial charge in [0.25, 0.3) is 0 Å². The van der Waals surface area contributed by atoms with Crippen LogP contribution in [0.4, 0.5) is 4.39 Å². The van der Waals surface area contributed by atoms with Crippen molar-refractivity contribution in [3.05, 3.63) is 34.1 Å². The lowest BCUT2D eigenvalue weighted by molar-refractivity contribution is 0.0989.